The van der Waals surface area contributed by atoms with Gasteiger partial charge in [-0.3, -0.25) is 8.98 Å². The highest BCUT2D eigenvalue weighted by molar-refractivity contribution is 7.85. The van der Waals surface area contributed by atoms with Gasteiger partial charge in [0, 0.05) is 24.3 Å². The van der Waals surface area contributed by atoms with E-state index in [1.807, 2.05) is 42.5 Å². The van der Waals surface area contributed by atoms with Crippen LogP contribution in [-0.2, 0) is 20.8 Å². The Morgan fingerprint density at radius 2 is 1.71 bits per heavy atom. The Morgan fingerprint density at radius 3 is 2.42 bits per heavy atom. The van der Waals surface area contributed by atoms with E-state index >= 15 is 0 Å². The first-order chi connectivity index (χ1) is 11.5. The molecule has 0 spiro atoms. The van der Waals surface area contributed by atoms with Gasteiger partial charge in [-0.25, -0.2) is 0 Å². The number of rotatable bonds is 8. The summed E-state index contributed by atoms with van der Waals surface area (Å²) in [5.74, 6) is -0.177. The van der Waals surface area contributed by atoms with Gasteiger partial charge < -0.3 is 10.6 Å². The summed E-state index contributed by atoms with van der Waals surface area (Å²) < 4.78 is 26.4. The second-order valence-corrected chi connectivity index (χ2v) is 6.82. The zero-order valence-corrected chi connectivity index (χ0v) is 14.2. The quantitative estimate of drug-likeness (QED) is 0.563. The second-order valence-electron chi connectivity index (χ2n) is 5.18. The van der Waals surface area contributed by atoms with Gasteiger partial charge in [-0.05, 0) is 23.8 Å². The highest BCUT2D eigenvalue weighted by Crippen LogP contribution is 2.16. The second kappa shape index (κ2) is 8.58. The molecule has 0 aliphatic carbocycles. The number of hydrogen-bond acceptors (Lipinski definition) is 5. The van der Waals surface area contributed by atoms with E-state index in [2.05, 4.69) is 14.8 Å². The zero-order chi connectivity index (χ0) is 17.4. The Hall–Kier alpha value is -2.22. The molecule has 0 bridgehead atoms. The molecule has 2 aromatic rings. The van der Waals surface area contributed by atoms with E-state index in [0.717, 1.165) is 11.8 Å². The van der Waals surface area contributed by atoms with Crippen LogP contribution in [0, 0.1) is 0 Å². The maximum atomic E-state index is 12.2. The molecule has 128 valence electrons. The van der Waals surface area contributed by atoms with Crippen molar-refractivity contribution in [2.45, 2.75) is 6.54 Å². The van der Waals surface area contributed by atoms with Gasteiger partial charge in [0.15, 0.2) is 0 Å². The summed E-state index contributed by atoms with van der Waals surface area (Å²) >= 11 is 0. The fourth-order valence-electron chi connectivity index (χ4n) is 2.07. The number of carbonyl (C=O) groups excluding carboxylic acids is 1. The summed E-state index contributed by atoms with van der Waals surface area (Å²) in [6.45, 7) is 0.934. The molecule has 0 aliphatic heterocycles. The highest BCUT2D eigenvalue weighted by atomic mass is 32.2. The van der Waals surface area contributed by atoms with E-state index in [1.54, 1.807) is 12.1 Å². The summed E-state index contributed by atoms with van der Waals surface area (Å²) in [6, 6.07) is 16.4. The SMILES string of the molecule is CS(=O)(=O)OCCNCc1ccccc1NC(=O)c1ccccc1. The van der Waals surface area contributed by atoms with Gasteiger partial charge in [-0.1, -0.05) is 36.4 Å². The van der Waals surface area contributed by atoms with Crippen molar-refractivity contribution < 1.29 is 17.4 Å². The minimum absolute atomic E-state index is 0.0668. The summed E-state index contributed by atoms with van der Waals surface area (Å²) in [6.07, 6.45) is 1.02. The molecule has 2 rings (SSSR count). The van der Waals surface area contributed by atoms with Crippen molar-refractivity contribution in [2.75, 3.05) is 24.7 Å². The van der Waals surface area contributed by atoms with Gasteiger partial charge in [-0.15, -0.1) is 0 Å². The number of nitrogens with one attached hydrogen (secondary N) is 2. The van der Waals surface area contributed by atoms with Gasteiger partial charge in [0.1, 0.15) is 0 Å². The van der Waals surface area contributed by atoms with Crippen LogP contribution >= 0.6 is 0 Å². The Morgan fingerprint density at radius 1 is 1.04 bits per heavy atom. The minimum Gasteiger partial charge on any atom is -0.322 e. The Labute approximate surface area is 142 Å². The third-order valence-corrected chi connectivity index (χ3v) is 3.79. The number of amides is 1. The lowest BCUT2D eigenvalue weighted by molar-refractivity contribution is 0.102. The van der Waals surface area contributed by atoms with Gasteiger partial charge in [-0.2, -0.15) is 8.42 Å². The molecule has 2 N–H and O–H groups in total. The number of benzene rings is 2. The minimum atomic E-state index is -3.42. The number of para-hydroxylation sites is 1. The van der Waals surface area contributed by atoms with Crippen molar-refractivity contribution in [1.82, 2.24) is 5.32 Å². The Kier molecular flexibility index (Phi) is 6.48. The maximum Gasteiger partial charge on any atom is 0.264 e. The predicted molar refractivity (Wildman–Crippen MR) is 93.3 cm³/mol. The molecule has 0 fully saturated rings. The maximum absolute atomic E-state index is 12.2. The molecule has 0 aromatic heterocycles. The largest absolute Gasteiger partial charge is 0.322 e. The van der Waals surface area contributed by atoms with Gasteiger partial charge in [0.05, 0.1) is 12.9 Å². The predicted octanol–water partition coefficient (Wildman–Crippen LogP) is 2.00. The smallest absolute Gasteiger partial charge is 0.264 e. The van der Waals surface area contributed by atoms with E-state index in [0.29, 0.717) is 24.3 Å². The lowest BCUT2D eigenvalue weighted by atomic mass is 10.1. The van der Waals surface area contributed by atoms with Crippen LogP contribution in [0.15, 0.2) is 54.6 Å². The lowest BCUT2D eigenvalue weighted by Crippen LogP contribution is -2.22. The van der Waals surface area contributed by atoms with Crippen molar-refractivity contribution in [3.05, 3.63) is 65.7 Å². The molecule has 7 heteroatoms. The van der Waals surface area contributed by atoms with Gasteiger partial charge >= 0.3 is 0 Å². The molecule has 6 nitrogen and oxygen atoms in total. The molecule has 0 aliphatic rings. The molecule has 0 saturated carbocycles. The average molecular weight is 348 g/mol. The van der Waals surface area contributed by atoms with Crippen LogP contribution in [0.3, 0.4) is 0 Å². The van der Waals surface area contributed by atoms with E-state index in [1.165, 1.54) is 0 Å². The molecule has 0 radical (unpaired) electrons. The molecule has 0 heterocycles. The molecule has 0 atom stereocenters. The van der Waals surface area contributed by atoms with Crippen LogP contribution in [0.1, 0.15) is 15.9 Å². The highest BCUT2D eigenvalue weighted by Gasteiger charge is 2.08. The summed E-state index contributed by atoms with van der Waals surface area (Å²) in [7, 11) is -3.42. The topological polar surface area (TPSA) is 84.5 Å². The Balaban J connectivity index is 1.91. The van der Waals surface area contributed by atoms with Crippen LogP contribution in [-0.4, -0.2) is 33.7 Å². The lowest BCUT2D eigenvalue weighted by Gasteiger charge is -2.12. The molecular formula is C17H20N2O4S. The van der Waals surface area contributed by atoms with Crippen LogP contribution in [0.2, 0.25) is 0 Å². The monoisotopic (exact) mass is 348 g/mol. The van der Waals surface area contributed by atoms with Crippen LogP contribution < -0.4 is 10.6 Å². The Bertz CT molecular complexity index is 776. The summed E-state index contributed by atoms with van der Waals surface area (Å²) in [4.78, 5) is 12.2. The normalized spacial score (nSPS) is 11.2. The fraction of sp³-hybridized carbons (Fsp3) is 0.235. The van der Waals surface area contributed by atoms with E-state index in [4.69, 9.17) is 0 Å². The number of hydrogen-bond donors (Lipinski definition) is 2. The standard InChI is InChI=1S/C17H20N2O4S/c1-24(21,22)23-12-11-18-13-15-9-5-6-10-16(15)19-17(20)14-7-3-2-4-8-14/h2-10,18H,11-13H2,1H3,(H,19,20). The third kappa shape index (κ3) is 6.11. The van der Waals surface area contributed by atoms with Crippen LogP contribution in [0.25, 0.3) is 0 Å². The zero-order valence-electron chi connectivity index (χ0n) is 13.4. The van der Waals surface area contributed by atoms with Crippen molar-refractivity contribution >= 4 is 21.7 Å². The molecule has 2 aromatic carbocycles. The van der Waals surface area contributed by atoms with Crippen molar-refractivity contribution in [3.8, 4) is 0 Å². The van der Waals surface area contributed by atoms with Crippen molar-refractivity contribution in [1.29, 1.82) is 0 Å². The van der Waals surface area contributed by atoms with E-state index < -0.39 is 10.1 Å². The third-order valence-electron chi connectivity index (χ3n) is 3.19. The molecule has 24 heavy (non-hydrogen) atoms. The molecule has 1 amide bonds. The average Bonchev–Trinajstić information content (AvgIpc) is 2.56. The van der Waals surface area contributed by atoms with Crippen molar-refractivity contribution in [3.63, 3.8) is 0 Å². The van der Waals surface area contributed by atoms with Crippen LogP contribution in [0.5, 0.6) is 0 Å². The molecule has 0 saturated heterocycles. The molecular weight excluding hydrogens is 328 g/mol. The first-order valence-electron chi connectivity index (χ1n) is 7.45. The number of anilines is 1. The first kappa shape index (κ1) is 18.1. The van der Waals surface area contributed by atoms with E-state index in [9.17, 15) is 13.2 Å². The van der Waals surface area contributed by atoms with Gasteiger partial charge in [0.2, 0.25) is 0 Å². The fourth-order valence-corrected chi connectivity index (χ4v) is 2.45. The van der Waals surface area contributed by atoms with Gasteiger partial charge in [0.25, 0.3) is 16.0 Å². The van der Waals surface area contributed by atoms with E-state index in [-0.39, 0.29) is 12.5 Å². The van der Waals surface area contributed by atoms with Crippen molar-refractivity contribution in [2.24, 2.45) is 0 Å². The summed E-state index contributed by atoms with van der Waals surface area (Å²) in [5, 5.41) is 5.97. The first-order valence-corrected chi connectivity index (χ1v) is 9.27. The van der Waals surface area contributed by atoms with Crippen LogP contribution in [0.4, 0.5) is 5.69 Å². The number of carbonyl (C=O) groups is 1. The molecule has 0 unspecified atom stereocenters. The summed E-state index contributed by atoms with van der Waals surface area (Å²) in [5.41, 5.74) is 2.20.